The van der Waals surface area contributed by atoms with E-state index in [1.165, 1.54) is 12.1 Å². The molecule has 0 radical (unpaired) electrons. The number of carbonyl (C=O) groups excluding carboxylic acids is 1. The van der Waals surface area contributed by atoms with Crippen molar-refractivity contribution < 1.29 is 18.3 Å². The summed E-state index contributed by atoms with van der Waals surface area (Å²) >= 11 is 0. The first-order valence-corrected chi connectivity index (χ1v) is 6.26. The molecule has 6 heteroatoms. The molecule has 0 aliphatic rings. The lowest BCUT2D eigenvalue weighted by Gasteiger charge is -2.11. The van der Waals surface area contributed by atoms with Gasteiger partial charge in [-0.25, -0.2) is 4.39 Å². The fourth-order valence-corrected chi connectivity index (χ4v) is 1.75. The van der Waals surface area contributed by atoms with Gasteiger partial charge < -0.3 is 15.8 Å². The van der Waals surface area contributed by atoms with E-state index in [9.17, 15) is 13.6 Å². The number of hydrogen-bond donors (Lipinski definition) is 2. The molecule has 2 aromatic carbocycles. The van der Waals surface area contributed by atoms with Crippen LogP contribution in [0.15, 0.2) is 42.5 Å². The van der Waals surface area contributed by atoms with Crippen LogP contribution < -0.4 is 15.8 Å². The summed E-state index contributed by atoms with van der Waals surface area (Å²) in [5, 5.41) is 2.61. The quantitative estimate of drug-likeness (QED) is 0.889. The summed E-state index contributed by atoms with van der Waals surface area (Å²) < 4.78 is 31.3. The van der Waals surface area contributed by atoms with E-state index >= 15 is 0 Å². The van der Waals surface area contributed by atoms with Crippen LogP contribution in [-0.2, 0) is 11.3 Å². The molecule has 0 aliphatic carbocycles. The number of carbonyl (C=O) groups is 1. The molecular weight excluding hydrogens is 278 g/mol. The first-order chi connectivity index (χ1) is 10.1. The van der Waals surface area contributed by atoms with Crippen LogP contribution in [-0.4, -0.2) is 12.5 Å². The van der Waals surface area contributed by atoms with Crippen LogP contribution in [0.3, 0.4) is 0 Å². The maximum atomic E-state index is 13.3. The van der Waals surface area contributed by atoms with Gasteiger partial charge in [0.05, 0.1) is 0 Å². The number of hydrogen-bond acceptors (Lipinski definition) is 3. The molecule has 0 spiro atoms. The number of amides is 1. The van der Waals surface area contributed by atoms with Crippen LogP contribution in [0.25, 0.3) is 0 Å². The largest absolute Gasteiger partial charge is 0.481 e. The van der Waals surface area contributed by atoms with Gasteiger partial charge in [-0.05, 0) is 23.8 Å². The average molecular weight is 292 g/mol. The summed E-state index contributed by atoms with van der Waals surface area (Å²) in [5.74, 6) is -2.94. The van der Waals surface area contributed by atoms with Gasteiger partial charge in [0.15, 0.2) is 18.2 Å². The maximum absolute atomic E-state index is 13.3. The Morgan fingerprint density at radius 1 is 1.14 bits per heavy atom. The number of nitrogens with two attached hydrogens (primary N) is 1. The predicted molar refractivity (Wildman–Crippen MR) is 74.8 cm³/mol. The third-order valence-corrected chi connectivity index (χ3v) is 2.79. The number of rotatable bonds is 5. The van der Waals surface area contributed by atoms with Crippen LogP contribution in [0, 0.1) is 11.6 Å². The maximum Gasteiger partial charge on any atom is 0.262 e. The summed E-state index contributed by atoms with van der Waals surface area (Å²) in [6.45, 7) is -0.158. The van der Waals surface area contributed by atoms with Gasteiger partial charge in [0.1, 0.15) is 0 Å². The summed E-state index contributed by atoms with van der Waals surface area (Å²) in [6.07, 6.45) is 0. The van der Waals surface area contributed by atoms with E-state index < -0.39 is 24.1 Å². The lowest BCUT2D eigenvalue weighted by atomic mass is 10.2. The summed E-state index contributed by atoms with van der Waals surface area (Å²) in [6, 6.07) is 10.6. The highest BCUT2D eigenvalue weighted by Gasteiger charge is 2.11. The highest BCUT2D eigenvalue weighted by molar-refractivity contribution is 5.92. The van der Waals surface area contributed by atoms with Gasteiger partial charge in [0.2, 0.25) is 5.82 Å². The van der Waals surface area contributed by atoms with Crippen molar-refractivity contribution in [3.05, 3.63) is 59.7 Å². The van der Waals surface area contributed by atoms with Gasteiger partial charge in [-0.1, -0.05) is 24.3 Å². The van der Waals surface area contributed by atoms with Crippen molar-refractivity contribution in [2.45, 2.75) is 6.54 Å². The molecule has 21 heavy (non-hydrogen) atoms. The van der Waals surface area contributed by atoms with Gasteiger partial charge in [-0.2, -0.15) is 4.39 Å². The Morgan fingerprint density at radius 3 is 2.67 bits per heavy atom. The number of halogens is 2. The molecule has 0 saturated carbocycles. The highest BCUT2D eigenvalue weighted by atomic mass is 19.2. The lowest BCUT2D eigenvalue weighted by molar-refractivity contribution is -0.118. The van der Waals surface area contributed by atoms with Gasteiger partial charge in [-0.15, -0.1) is 0 Å². The molecule has 0 fully saturated rings. The molecule has 0 bridgehead atoms. The van der Waals surface area contributed by atoms with Crippen molar-refractivity contribution >= 4 is 11.6 Å². The van der Waals surface area contributed by atoms with Crippen molar-refractivity contribution in [1.29, 1.82) is 0 Å². The average Bonchev–Trinajstić information content (AvgIpc) is 2.49. The standard InChI is InChI=1S/C15H14F2N2O2/c16-11-5-3-7-13(15(11)17)21-9-14(20)19-12-6-2-1-4-10(12)8-18/h1-7H,8-9,18H2,(H,19,20). The van der Waals surface area contributed by atoms with E-state index in [1.807, 2.05) is 0 Å². The minimum Gasteiger partial charge on any atom is -0.481 e. The number of ether oxygens (including phenoxy) is 1. The summed E-state index contributed by atoms with van der Waals surface area (Å²) in [5.41, 5.74) is 6.88. The molecule has 2 aromatic rings. The fourth-order valence-electron chi connectivity index (χ4n) is 1.75. The molecule has 0 heterocycles. The summed E-state index contributed by atoms with van der Waals surface area (Å²) in [4.78, 5) is 11.8. The molecule has 0 aliphatic heterocycles. The van der Waals surface area contributed by atoms with Gasteiger partial charge >= 0.3 is 0 Å². The van der Waals surface area contributed by atoms with Crippen molar-refractivity contribution in [3.8, 4) is 5.75 Å². The Kier molecular flexibility index (Phi) is 4.84. The molecule has 3 N–H and O–H groups in total. The van der Waals surface area contributed by atoms with Crippen LogP contribution in [0.2, 0.25) is 0 Å². The van der Waals surface area contributed by atoms with E-state index in [1.54, 1.807) is 24.3 Å². The molecule has 110 valence electrons. The van der Waals surface area contributed by atoms with Crippen molar-refractivity contribution in [2.24, 2.45) is 5.73 Å². The van der Waals surface area contributed by atoms with Crippen LogP contribution in [0.5, 0.6) is 5.75 Å². The molecule has 0 atom stereocenters. The fraction of sp³-hybridized carbons (Fsp3) is 0.133. The Balaban J connectivity index is 1.98. The molecule has 0 unspecified atom stereocenters. The number of para-hydroxylation sites is 1. The molecule has 1 amide bonds. The number of benzene rings is 2. The Labute approximate surface area is 120 Å². The van der Waals surface area contributed by atoms with E-state index in [0.717, 1.165) is 11.6 Å². The van der Waals surface area contributed by atoms with Crippen molar-refractivity contribution in [1.82, 2.24) is 0 Å². The first kappa shape index (κ1) is 14.9. The third kappa shape index (κ3) is 3.76. The Morgan fingerprint density at radius 2 is 1.90 bits per heavy atom. The normalized spacial score (nSPS) is 10.2. The van der Waals surface area contributed by atoms with Crippen LogP contribution in [0.1, 0.15) is 5.56 Å². The molecule has 2 rings (SSSR count). The van der Waals surface area contributed by atoms with Gasteiger partial charge in [0, 0.05) is 12.2 Å². The van der Waals surface area contributed by atoms with Gasteiger partial charge in [0.25, 0.3) is 5.91 Å². The minimum absolute atomic E-state index is 0.274. The molecule has 0 aromatic heterocycles. The van der Waals surface area contributed by atoms with E-state index in [0.29, 0.717) is 5.69 Å². The summed E-state index contributed by atoms with van der Waals surface area (Å²) in [7, 11) is 0. The zero-order valence-electron chi connectivity index (χ0n) is 11.1. The smallest absolute Gasteiger partial charge is 0.262 e. The topological polar surface area (TPSA) is 64.3 Å². The SMILES string of the molecule is NCc1ccccc1NC(=O)COc1cccc(F)c1F. The monoisotopic (exact) mass is 292 g/mol. The zero-order valence-corrected chi connectivity index (χ0v) is 11.1. The van der Waals surface area contributed by atoms with E-state index in [4.69, 9.17) is 10.5 Å². The van der Waals surface area contributed by atoms with Crippen LogP contribution in [0.4, 0.5) is 14.5 Å². The van der Waals surface area contributed by atoms with Crippen molar-refractivity contribution in [3.63, 3.8) is 0 Å². The molecule has 4 nitrogen and oxygen atoms in total. The van der Waals surface area contributed by atoms with E-state index in [-0.39, 0.29) is 12.3 Å². The van der Waals surface area contributed by atoms with Gasteiger partial charge in [-0.3, -0.25) is 4.79 Å². The second-order valence-corrected chi connectivity index (χ2v) is 4.25. The second kappa shape index (κ2) is 6.81. The molecule has 0 saturated heterocycles. The van der Waals surface area contributed by atoms with Crippen molar-refractivity contribution in [2.75, 3.05) is 11.9 Å². The third-order valence-electron chi connectivity index (χ3n) is 2.79. The Bertz CT molecular complexity index is 647. The predicted octanol–water partition coefficient (Wildman–Crippen LogP) is 2.44. The van der Waals surface area contributed by atoms with Crippen LogP contribution >= 0.6 is 0 Å². The first-order valence-electron chi connectivity index (χ1n) is 6.26. The molecular formula is C15H14F2N2O2. The lowest BCUT2D eigenvalue weighted by Crippen LogP contribution is -2.21. The number of anilines is 1. The minimum atomic E-state index is -1.12. The van der Waals surface area contributed by atoms with E-state index in [2.05, 4.69) is 5.32 Å². The zero-order chi connectivity index (χ0) is 15.2. The Hall–Kier alpha value is -2.47. The number of nitrogens with one attached hydrogen (secondary N) is 1. The second-order valence-electron chi connectivity index (χ2n) is 4.25. The highest BCUT2D eigenvalue weighted by Crippen LogP contribution is 2.19.